The molecule has 2 aromatic carbocycles. The van der Waals surface area contributed by atoms with Crippen LogP contribution in [-0.2, 0) is 19.1 Å². The highest BCUT2D eigenvalue weighted by molar-refractivity contribution is 5.81. The lowest BCUT2D eigenvalue weighted by molar-refractivity contribution is -0.145. The lowest BCUT2D eigenvalue weighted by Crippen LogP contribution is -2.07. The number of ether oxygens (including phenoxy) is 4. The molecule has 3 aromatic rings. The number of aromatic nitrogens is 2. The van der Waals surface area contributed by atoms with Gasteiger partial charge in [-0.25, -0.2) is 19.6 Å². The van der Waals surface area contributed by atoms with Gasteiger partial charge < -0.3 is 18.9 Å². The van der Waals surface area contributed by atoms with Crippen molar-refractivity contribution < 1.29 is 28.5 Å². The topological polar surface area (TPSA) is 96.8 Å². The maximum atomic E-state index is 11.0. The van der Waals surface area contributed by atoms with Gasteiger partial charge in [0.1, 0.15) is 11.5 Å². The SMILES string of the molecule is C=CC(=O)OCOc1ccc(-c2cnc(-c3ccc(OCOC(=O)C=C)cc3)nc2)cc1. The van der Waals surface area contributed by atoms with E-state index in [1.165, 1.54) is 0 Å². The normalized spacial score (nSPS) is 10.0. The van der Waals surface area contributed by atoms with Gasteiger partial charge in [-0.05, 0) is 42.0 Å². The van der Waals surface area contributed by atoms with Gasteiger partial charge in [0.25, 0.3) is 0 Å². The minimum Gasteiger partial charge on any atom is -0.457 e. The molecule has 0 aliphatic carbocycles. The summed E-state index contributed by atoms with van der Waals surface area (Å²) in [6.45, 7) is 6.24. The molecule has 0 unspecified atom stereocenters. The minimum absolute atomic E-state index is 0.189. The Kier molecular flexibility index (Phi) is 7.69. The third-order valence-corrected chi connectivity index (χ3v) is 4.14. The fraction of sp³-hybridized carbons (Fsp3) is 0.0833. The third kappa shape index (κ3) is 6.27. The van der Waals surface area contributed by atoms with Gasteiger partial charge in [0.15, 0.2) is 5.82 Å². The average molecular weight is 432 g/mol. The van der Waals surface area contributed by atoms with Gasteiger partial charge in [-0.3, -0.25) is 0 Å². The first-order valence-electron chi connectivity index (χ1n) is 9.46. The van der Waals surface area contributed by atoms with E-state index in [0.29, 0.717) is 17.3 Å². The van der Waals surface area contributed by atoms with Crippen molar-refractivity contribution in [3.63, 3.8) is 0 Å². The van der Waals surface area contributed by atoms with Crippen molar-refractivity contribution in [3.8, 4) is 34.0 Å². The molecule has 8 heteroatoms. The monoisotopic (exact) mass is 432 g/mol. The molecular formula is C24H20N2O6. The van der Waals surface area contributed by atoms with Crippen LogP contribution in [0.5, 0.6) is 11.5 Å². The zero-order chi connectivity index (χ0) is 22.8. The molecule has 0 aliphatic rings. The molecule has 162 valence electrons. The summed E-state index contributed by atoms with van der Waals surface area (Å²) < 4.78 is 20.2. The maximum absolute atomic E-state index is 11.0. The smallest absolute Gasteiger partial charge is 0.333 e. The summed E-state index contributed by atoms with van der Waals surface area (Å²) in [7, 11) is 0. The number of hydrogen-bond donors (Lipinski definition) is 0. The van der Waals surface area contributed by atoms with Crippen LogP contribution in [0.4, 0.5) is 0 Å². The Morgan fingerprint density at radius 1 is 0.688 bits per heavy atom. The lowest BCUT2D eigenvalue weighted by atomic mass is 10.1. The standard InChI is InChI=1S/C24H20N2O6/c1-3-22(27)31-15-29-20-9-5-17(6-10-20)19-13-25-24(26-14-19)18-7-11-21(12-8-18)30-16-32-23(28)4-2/h3-14H,1-2,15-16H2. The Balaban J connectivity index is 1.57. The summed E-state index contributed by atoms with van der Waals surface area (Å²) in [4.78, 5) is 30.8. The molecule has 0 amide bonds. The zero-order valence-corrected chi connectivity index (χ0v) is 17.1. The average Bonchev–Trinajstić information content (AvgIpc) is 2.85. The predicted octanol–water partition coefficient (Wildman–Crippen LogP) is 3.94. The van der Waals surface area contributed by atoms with Gasteiger partial charge in [-0.2, -0.15) is 0 Å². The number of rotatable bonds is 10. The van der Waals surface area contributed by atoms with Crippen LogP contribution in [0.1, 0.15) is 0 Å². The summed E-state index contributed by atoms with van der Waals surface area (Å²) in [6.07, 6.45) is 5.59. The second-order valence-corrected chi connectivity index (χ2v) is 6.20. The van der Waals surface area contributed by atoms with Crippen LogP contribution >= 0.6 is 0 Å². The van der Waals surface area contributed by atoms with E-state index in [-0.39, 0.29) is 13.6 Å². The molecule has 32 heavy (non-hydrogen) atoms. The second-order valence-electron chi connectivity index (χ2n) is 6.20. The van der Waals surface area contributed by atoms with Crippen molar-refractivity contribution in [2.24, 2.45) is 0 Å². The Morgan fingerprint density at radius 3 is 1.56 bits per heavy atom. The molecule has 0 N–H and O–H groups in total. The molecule has 3 rings (SSSR count). The maximum Gasteiger partial charge on any atom is 0.333 e. The van der Waals surface area contributed by atoms with Crippen molar-refractivity contribution in [2.45, 2.75) is 0 Å². The third-order valence-electron chi connectivity index (χ3n) is 4.14. The molecule has 0 aliphatic heterocycles. The highest BCUT2D eigenvalue weighted by Gasteiger charge is 2.05. The number of nitrogens with zero attached hydrogens (tertiary/aromatic N) is 2. The predicted molar refractivity (Wildman–Crippen MR) is 116 cm³/mol. The van der Waals surface area contributed by atoms with Crippen LogP contribution in [0.25, 0.3) is 22.5 Å². The van der Waals surface area contributed by atoms with E-state index < -0.39 is 11.9 Å². The Hall–Kier alpha value is -4.46. The van der Waals surface area contributed by atoms with Gasteiger partial charge in [-0.15, -0.1) is 0 Å². The fourth-order valence-electron chi connectivity index (χ4n) is 2.50. The van der Waals surface area contributed by atoms with Crippen molar-refractivity contribution in [3.05, 3.63) is 86.2 Å². The molecule has 1 heterocycles. The van der Waals surface area contributed by atoms with Crippen LogP contribution < -0.4 is 9.47 Å². The molecular weight excluding hydrogens is 412 g/mol. The first kappa shape index (κ1) is 22.2. The highest BCUT2D eigenvalue weighted by atomic mass is 16.7. The lowest BCUT2D eigenvalue weighted by Gasteiger charge is -2.08. The van der Waals surface area contributed by atoms with E-state index in [9.17, 15) is 9.59 Å². The van der Waals surface area contributed by atoms with Crippen LogP contribution in [-0.4, -0.2) is 35.5 Å². The number of hydrogen-bond acceptors (Lipinski definition) is 8. The summed E-state index contributed by atoms with van der Waals surface area (Å²) in [5.41, 5.74) is 2.55. The van der Waals surface area contributed by atoms with Gasteiger partial charge in [0.05, 0.1) is 0 Å². The number of carbonyl (C=O) groups is 2. The van der Waals surface area contributed by atoms with Crippen LogP contribution in [0.2, 0.25) is 0 Å². The molecule has 0 radical (unpaired) electrons. The fourth-order valence-corrected chi connectivity index (χ4v) is 2.50. The first-order chi connectivity index (χ1) is 15.6. The van der Waals surface area contributed by atoms with Crippen LogP contribution in [0.15, 0.2) is 86.2 Å². The largest absolute Gasteiger partial charge is 0.457 e. The molecule has 0 fully saturated rings. The van der Waals surface area contributed by atoms with E-state index in [2.05, 4.69) is 23.1 Å². The van der Waals surface area contributed by atoms with Gasteiger partial charge in [0.2, 0.25) is 13.6 Å². The Labute approximate surface area is 184 Å². The van der Waals surface area contributed by atoms with Crippen LogP contribution in [0.3, 0.4) is 0 Å². The Bertz CT molecular complexity index is 988. The summed E-state index contributed by atoms with van der Waals surface area (Å²) >= 11 is 0. The van der Waals surface area contributed by atoms with E-state index in [1.807, 2.05) is 24.3 Å². The van der Waals surface area contributed by atoms with E-state index in [4.69, 9.17) is 18.9 Å². The summed E-state index contributed by atoms with van der Waals surface area (Å²) in [5, 5.41) is 0. The molecule has 0 atom stereocenters. The van der Waals surface area contributed by atoms with E-state index in [0.717, 1.165) is 28.8 Å². The molecule has 0 saturated carbocycles. The minimum atomic E-state index is -0.550. The number of esters is 2. The molecule has 0 bridgehead atoms. The van der Waals surface area contributed by atoms with Gasteiger partial charge >= 0.3 is 11.9 Å². The summed E-state index contributed by atoms with van der Waals surface area (Å²) in [6, 6.07) is 14.3. The molecule has 0 saturated heterocycles. The zero-order valence-electron chi connectivity index (χ0n) is 17.1. The quantitative estimate of drug-likeness (QED) is 0.270. The Morgan fingerprint density at radius 2 is 1.12 bits per heavy atom. The van der Waals surface area contributed by atoms with Gasteiger partial charge in [-0.1, -0.05) is 25.3 Å². The summed E-state index contributed by atoms with van der Waals surface area (Å²) in [5.74, 6) is 0.567. The van der Waals surface area contributed by atoms with Crippen LogP contribution in [0, 0.1) is 0 Å². The van der Waals surface area contributed by atoms with E-state index >= 15 is 0 Å². The molecule has 8 nitrogen and oxygen atoms in total. The van der Waals surface area contributed by atoms with E-state index in [1.54, 1.807) is 36.7 Å². The number of benzene rings is 2. The second kappa shape index (κ2) is 11.1. The first-order valence-corrected chi connectivity index (χ1v) is 9.46. The molecule has 1 aromatic heterocycles. The van der Waals surface area contributed by atoms with Crippen molar-refractivity contribution in [1.29, 1.82) is 0 Å². The number of carbonyl (C=O) groups excluding carboxylic acids is 2. The molecule has 0 spiro atoms. The van der Waals surface area contributed by atoms with Crippen molar-refractivity contribution in [2.75, 3.05) is 13.6 Å². The van der Waals surface area contributed by atoms with Crippen molar-refractivity contribution in [1.82, 2.24) is 9.97 Å². The van der Waals surface area contributed by atoms with Crippen molar-refractivity contribution >= 4 is 11.9 Å². The highest BCUT2D eigenvalue weighted by Crippen LogP contribution is 2.24. The van der Waals surface area contributed by atoms with Gasteiger partial charge in [0, 0.05) is 35.7 Å².